The van der Waals surface area contributed by atoms with Gasteiger partial charge in [0.2, 0.25) is 11.2 Å². The van der Waals surface area contributed by atoms with E-state index in [9.17, 15) is 19.8 Å². The van der Waals surface area contributed by atoms with Crippen molar-refractivity contribution in [2.75, 3.05) is 13.7 Å². The third-order valence-electron chi connectivity index (χ3n) is 4.85. The molecule has 3 N–H and O–H groups in total. The molecule has 33 heavy (non-hydrogen) atoms. The van der Waals surface area contributed by atoms with Crippen LogP contribution in [0.3, 0.4) is 0 Å². The van der Waals surface area contributed by atoms with E-state index in [1.807, 2.05) is 19.9 Å². The zero-order chi connectivity index (χ0) is 24.1. The van der Waals surface area contributed by atoms with Gasteiger partial charge in [-0.3, -0.25) is 4.79 Å². The van der Waals surface area contributed by atoms with Crippen LogP contribution in [-0.2, 0) is 11.2 Å². The number of carbonyl (C=O) groups is 1. The van der Waals surface area contributed by atoms with Gasteiger partial charge < -0.3 is 29.2 Å². The van der Waals surface area contributed by atoms with Gasteiger partial charge in [0.15, 0.2) is 5.76 Å². The van der Waals surface area contributed by atoms with Crippen molar-refractivity contribution >= 4 is 16.9 Å². The molecule has 0 aliphatic heterocycles. The largest absolute Gasteiger partial charge is 0.507 e. The number of aliphatic carboxylic acids is 1. The second-order valence-corrected chi connectivity index (χ2v) is 7.45. The lowest BCUT2D eigenvalue weighted by atomic mass is 10.0. The number of aromatic hydroxyl groups is 2. The van der Waals surface area contributed by atoms with Crippen LogP contribution < -0.4 is 14.9 Å². The number of benzene rings is 2. The van der Waals surface area contributed by atoms with Gasteiger partial charge >= 0.3 is 5.97 Å². The highest BCUT2D eigenvalue weighted by Crippen LogP contribution is 2.39. The number of carboxylic acid groups (broad SMARTS) is 1. The fraction of sp³-hybridized carbons (Fsp3) is 0.200. The van der Waals surface area contributed by atoms with E-state index in [1.165, 1.54) is 19.3 Å². The topological polar surface area (TPSA) is 126 Å². The summed E-state index contributed by atoms with van der Waals surface area (Å²) in [6.07, 6.45) is 4.46. The van der Waals surface area contributed by atoms with E-state index < -0.39 is 22.9 Å². The number of allylic oxidation sites excluding steroid dienone is 2. The van der Waals surface area contributed by atoms with Gasteiger partial charge in [-0.05, 0) is 50.6 Å². The molecule has 0 aliphatic carbocycles. The van der Waals surface area contributed by atoms with Crippen molar-refractivity contribution in [2.45, 2.75) is 20.3 Å². The van der Waals surface area contributed by atoms with Gasteiger partial charge in [0, 0.05) is 23.3 Å². The number of phenols is 1. The molecule has 172 valence electrons. The van der Waals surface area contributed by atoms with E-state index in [2.05, 4.69) is 0 Å². The van der Waals surface area contributed by atoms with Gasteiger partial charge in [0.25, 0.3) is 0 Å². The number of methoxy groups -OCH3 is 1. The summed E-state index contributed by atoms with van der Waals surface area (Å²) < 4.78 is 16.8. The zero-order valence-electron chi connectivity index (χ0n) is 18.4. The lowest BCUT2D eigenvalue weighted by Crippen LogP contribution is -2.07. The number of fused-ring (bicyclic) bond motifs is 1. The molecule has 0 spiro atoms. The van der Waals surface area contributed by atoms with Gasteiger partial charge in [-0.15, -0.1) is 0 Å². The molecule has 0 saturated heterocycles. The summed E-state index contributed by atoms with van der Waals surface area (Å²) in [5.41, 5.74) is 1.20. The molecule has 0 aliphatic rings. The van der Waals surface area contributed by atoms with E-state index in [1.54, 1.807) is 24.3 Å². The molecule has 8 heteroatoms. The molecule has 0 amide bonds. The first kappa shape index (κ1) is 23.5. The van der Waals surface area contributed by atoms with E-state index >= 15 is 0 Å². The second-order valence-electron chi connectivity index (χ2n) is 7.45. The van der Waals surface area contributed by atoms with Crippen LogP contribution in [0.15, 0.2) is 63.3 Å². The summed E-state index contributed by atoms with van der Waals surface area (Å²) in [6, 6.07) is 7.85. The quantitative estimate of drug-likeness (QED) is 0.339. The molecule has 3 aromatic rings. The maximum Gasteiger partial charge on any atom is 0.328 e. The Labute approximate surface area is 189 Å². The van der Waals surface area contributed by atoms with Crippen LogP contribution in [0.2, 0.25) is 0 Å². The Morgan fingerprint density at radius 1 is 1.15 bits per heavy atom. The third kappa shape index (κ3) is 5.17. The summed E-state index contributed by atoms with van der Waals surface area (Å²) in [4.78, 5) is 23.7. The SMILES string of the molecule is COc1ccc(-c2oc3c(CC=C(C)C)c(OC/C=C/C(=O)O)cc(O)c3c(=O)c2O)cc1. The minimum Gasteiger partial charge on any atom is -0.507 e. The Morgan fingerprint density at radius 3 is 2.45 bits per heavy atom. The first-order chi connectivity index (χ1) is 15.7. The lowest BCUT2D eigenvalue weighted by molar-refractivity contribution is -0.131. The number of ether oxygens (including phenoxy) is 2. The third-order valence-corrected chi connectivity index (χ3v) is 4.85. The minimum absolute atomic E-state index is 0.0593. The molecule has 1 heterocycles. The van der Waals surface area contributed by atoms with Crippen molar-refractivity contribution < 1.29 is 34.0 Å². The van der Waals surface area contributed by atoms with Crippen LogP contribution >= 0.6 is 0 Å². The molecule has 0 atom stereocenters. The Kier molecular flexibility index (Phi) is 7.07. The van der Waals surface area contributed by atoms with Crippen molar-refractivity contribution in [1.82, 2.24) is 0 Å². The van der Waals surface area contributed by atoms with E-state index in [0.29, 0.717) is 23.3 Å². The summed E-state index contributed by atoms with van der Waals surface area (Å²) >= 11 is 0. The first-order valence-electron chi connectivity index (χ1n) is 10.1. The Balaban J connectivity index is 2.24. The highest BCUT2D eigenvalue weighted by Gasteiger charge is 2.23. The molecular formula is C25H24O8. The molecule has 0 unspecified atom stereocenters. The van der Waals surface area contributed by atoms with Crippen LogP contribution in [0.1, 0.15) is 19.4 Å². The minimum atomic E-state index is -1.12. The highest BCUT2D eigenvalue weighted by molar-refractivity contribution is 5.91. The van der Waals surface area contributed by atoms with Crippen LogP contribution in [-0.4, -0.2) is 35.0 Å². The van der Waals surface area contributed by atoms with E-state index in [-0.39, 0.29) is 29.1 Å². The fourth-order valence-corrected chi connectivity index (χ4v) is 3.22. The van der Waals surface area contributed by atoms with Crippen LogP contribution in [0.5, 0.6) is 23.0 Å². The Hall–Kier alpha value is -4.20. The van der Waals surface area contributed by atoms with Crippen molar-refractivity contribution in [2.24, 2.45) is 0 Å². The van der Waals surface area contributed by atoms with Crippen molar-refractivity contribution in [3.63, 3.8) is 0 Å². The number of rotatable bonds is 8. The fourth-order valence-electron chi connectivity index (χ4n) is 3.22. The highest BCUT2D eigenvalue weighted by atomic mass is 16.5. The van der Waals surface area contributed by atoms with E-state index in [0.717, 1.165) is 11.6 Å². The normalized spacial score (nSPS) is 11.0. The number of phenolic OH excluding ortho intramolecular Hbond substituents is 1. The molecular weight excluding hydrogens is 428 g/mol. The predicted molar refractivity (Wildman–Crippen MR) is 123 cm³/mol. The summed E-state index contributed by atoms with van der Waals surface area (Å²) in [5.74, 6) is -1.41. The van der Waals surface area contributed by atoms with Gasteiger partial charge in [-0.25, -0.2) is 4.79 Å². The van der Waals surface area contributed by atoms with Crippen LogP contribution in [0.25, 0.3) is 22.3 Å². The number of hydrogen-bond donors (Lipinski definition) is 3. The molecule has 0 fully saturated rings. The Bertz CT molecular complexity index is 1290. The van der Waals surface area contributed by atoms with Gasteiger partial charge in [-0.1, -0.05) is 11.6 Å². The maximum atomic E-state index is 13.0. The molecule has 0 radical (unpaired) electrons. The van der Waals surface area contributed by atoms with Crippen molar-refractivity contribution in [3.05, 3.63) is 69.9 Å². The average molecular weight is 452 g/mol. The summed E-state index contributed by atoms with van der Waals surface area (Å²) in [5, 5.41) is 29.7. The standard InChI is InChI=1S/C25H24O8/c1-14(2)6-11-17-19(32-12-4-5-20(27)28)13-18(26)21-22(29)23(30)24(33-25(17)21)15-7-9-16(31-3)10-8-15/h4-10,13,26,30H,11-12H2,1-3H3,(H,27,28)/b5-4+. The summed E-state index contributed by atoms with van der Waals surface area (Å²) in [6.45, 7) is 3.74. The smallest absolute Gasteiger partial charge is 0.328 e. The summed E-state index contributed by atoms with van der Waals surface area (Å²) in [7, 11) is 1.52. The van der Waals surface area contributed by atoms with Gasteiger partial charge in [0.05, 0.1) is 7.11 Å². The van der Waals surface area contributed by atoms with Crippen LogP contribution in [0, 0.1) is 0 Å². The van der Waals surface area contributed by atoms with Crippen LogP contribution in [0.4, 0.5) is 0 Å². The maximum absolute atomic E-state index is 13.0. The van der Waals surface area contributed by atoms with Crippen molar-refractivity contribution in [3.8, 4) is 34.3 Å². The molecule has 3 rings (SSSR count). The first-order valence-corrected chi connectivity index (χ1v) is 10.1. The Morgan fingerprint density at radius 2 is 1.85 bits per heavy atom. The number of carboxylic acids is 1. The average Bonchev–Trinajstić information content (AvgIpc) is 2.78. The molecule has 0 saturated carbocycles. The number of hydrogen-bond acceptors (Lipinski definition) is 7. The second kappa shape index (κ2) is 9.95. The molecule has 2 aromatic carbocycles. The lowest BCUT2D eigenvalue weighted by Gasteiger charge is -2.15. The monoisotopic (exact) mass is 452 g/mol. The molecule has 1 aromatic heterocycles. The predicted octanol–water partition coefficient (Wildman–Crippen LogP) is 4.41. The van der Waals surface area contributed by atoms with Gasteiger partial charge in [0.1, 0.15) is 34.8 Å². The van der Waals surface area contributed by atoms with Crippen molar-refractivity contribution in [1.29, 1.82) is 0 Å². The molecule has 8 nitrogen and oxygen atoms in total. The van der Waals surface area contributed by atoms with Gasteiger partial charge in [-0.2, -0.15) is 0 Å². The van der Waals surface area contributed by atoms with E-state index in [4.69, 9.17) is 19.0 Å². The zero-order valence-corrected chi connectivity index (χ0v) is 18.4. The molecule has 0 bridgehead atoms.